The number of nitrogens with one attached hydrogen (secondary N) is 1. The molecule has 1 heterocycles. The maximum atomic E-state index is 12.5. The van der Waals surface area contributed by atoms with E-state index >= 15 is 0 Å². The first kappa shape index (κ1) is 18.0. The van der Waals surface area contributed by atoms with Gasteiger partial charge in [-0.1, -0.05) is 42.5 Å². The Morgan fingerprint density at radius 3 is 2.56 bits per heavy atom. The van der Waals surface area contributed by atoms with Crippen molar-refractivity contribution in [2.75, 3.05) is 5.32 Å². The fourth-order valence-electron chi connectivity index (χ4n) is 2.58. The summed E-state index contributed by atoms with van der Waals surface area (Å²) in [6, 6.07) is 16.3. The lowest BCUT2D eigenvalue weighted by molar-refractivity contribution is -0.384. The lowest BCUT2D eigenvalue weighted by Crippen LogP contribution is -2.26. The number of aromatic nitrogens is 2. The first-order valence-corrected chi connectivity index (χ1v) is 8.13. The standard InChI is InChI=1S/C19H16N4O4/c1-13-6-5-9-16(23(26)27)18(13)20-19(25)15-10-11-17(24)22(21-15)12-14-7-3-2-4-8-14/h2-11H,12H2,1H3,(H,20,25). The van der Waals surface area contributed by atoms with Crippen molar-refractivity contribution in [1.82, 2.24) is 9.78 Å². The van der Waals surface area contributed by atoms with E-state index in [0.717, 1.165) is 5.56 Å². The van der Waals surface area contributed by atoms with E-state index in [1.807, 2.05) is 30.3 Å². The van der Waals surface area contributed by atoms with Crippen LogP contribution in [0.1, 0.15) is 21.6 Å². The molecule has 8 heteroatoms. The third kappa shape index (κ3) is 4.06. The van der Waals surface area contributed by atoms with Crippen molar-refractivity contribution in [2.24, 2.45) is 0 Å². The molecule has 0 atom stereocenters. The van der Waals surface area contributed by atoms with Gasteiger partial charge in [0.15, 0.2) is 0 Å². The summed E-state index contributed by atoms with van der Waals surface area (Å²) in [7, 11) is 0. The predicted molar refractivity (Wildman–Crippen MR) is 99.8 cm³/mol. The summed E-state index contributed by atoms with van der Waals surface area (Å²) in [4.78, 5) is 35.2. The maximum absolute atomic E-state index is 12.5. The summed E-state index contributed by atoms with van der Waals surface area (Å²) in [6.45, 7) is 1.87. The van der Waals surface area contributed by atoms with Crippen molar-refractivity contribution in [1.29, 1.82) is 0 Å². The van der Waals surface area contributed by atoms with Gasteiger partial charge < -0.3 is 5.32 Å². The molecule has 0 saturated heterocycles. The minimum absolute atomic E-state index is 0.0110. The molecule has 0 saturated carbocycles. The van der Waals surface area contributed by atoms with Crippen molar-refractivity contribution in [3.05, 3.63) is 98.0 Å². The number of carbonyl (C=O) groups is 1. The number of hydrogen-bond donors (Lipinski definition) is 1. The van der Waals surface area contributed by atoms with Gasteiger partial charge >= 0.3 is 0 Å². The van der Waals surface area contributed by atoms with Gasteiger partial charge in [0, 0.05) is 12.1 Å². The highest BCUT2D eigenvalue weighted by Gasteiger charge is 2.19. The quantitative estimate of drug-likeness (QED) is 0.553. The highest BCUT2D eigenvalue weighted by Crippen LogP contribution is 2.27. The van der Waals surface area contributed by atoms with Crippen LogP contribution in [-0.4, -0.2) is 20.6 Å². The molecular weight excluding hydrogens is 348 g/mol. The number of benzene rings is 2. The van der Waals surface area contributed by atoms with Crippen LogP contribution in [-0.2, 0) is 6.54 Å². The van der Waals surface area contributed by atoms with E-state index in [1.54, 1.807) is 19.1 Å². The van der Waals surface area contributed by atoms with E-state index in [9.17, 15) is 19.7 Å². The second-order valence-corrected chi connectivity index (χ2v) is 5.88. The van der Waals surface area contributed by atoms with Crippen LogP contribution in [0.3, 0.4) is 0 Å². The summed E-state index contributed by atoms with van der Waals surface area (Å²) in [5, 5.41) is 17.8. The minimum Gasteiger partial charge on any atom is -0.315 e. The Hall–Kier alpha value is -3.81. The van der Waals surface area contributed by atoms with Crippen LogP contribution in [0, 0.1) is 17.0 Å². The molecule has 0 bridgehead atoms. The molecule has 27 heavy (non-hydrogen) atoms. The maximum Gasteiger partial charge on any atom is 0.293 e. The molecule has 136 valence electrons. The zero-order chi connectivity index (χ0) is 19.4. The molecule has 0 unspecified atom stereocenters. The van der Waals surface area contributed by atoms with Gasteiger partial charge in [0.1, 0.15) is 11.4 Å². The van der Waals surface area contributed by atoms with Gasteiger partial charge in [-0.2, -0.15) is 5.10 Å². The summed E-state index contributed by atoms with van der Waals surface area (Å²) < 4.78 is 1.18. The second kappa shape index (κ2) is 7.61. The normalized spacial score (nSPS) is 10.4. The highest BCUT2D eigenvalue weighted by molar-refractivity contribution is 6.04. The van der Waals surface area contributed by atoms with E-state index in [2.05, 4.69) is 10.4 Å². The number of rotatable bonds is 5. The minimum atomic E-state index is -0.630. The van der Waals surface area contributed by atoms with E-state index in [1.165, 1.54) is 22.9 Å². The summed E-state index contributed by atoms with van der Waals surface area (Å²) in [5.41, 5.74) is 0.950. The molecule has 0 radical (unpaired) electrons. The fourth-order valence-corrected chi connectivity index (χ4v) is 2.58. The number of amides is 1. The van der Waals surface area contributed by atoms with Gasteiger partial charge in [-0.25, -0.2) is 4.68 Å². The number of hydrogen-bond acceptors (Lipinski definition) is 5. The SMILES string of the molecule is Cc1cccc([N+](=O)[O-])c1NC(=O)c1ccc(=O)n(Cc2ccccc2)n1. The van der Waals surface area contributed by atoms with Crippen LogP contribution in [0.2, 0.25) is 0 Å². The average Bonchev–Trinajstić information content (AvgIpc) is 2.65. The second-order valence-electron chi connectivity index (χ2n) is 5.88. The summed E-state index contributed by atoms with van der Waals surface area (Å²) in [5.74, 6) is -0.630. The number of aryl methyl sites for hydroxylation is 1. The number of para-hydroxylation sites is 1. The van der Waals surface area contributed by atoms with E-state index in [-0.39, 0.29) is 29.2 Å². The Bertz CT molecular complexity index is 1060. The van der Waals surface area contributed by atoms with Crippen LogP contribution in [0.15, 0.2) is 65.5 Å². The lowest BCUT2D eigenvalue weighted by Gasteiger charge is -2.10. The smallest absolute Gasteiger partial charge is 0.293 e. The van der Waals surface area contributed by atoms with E-state index in [4.69, 9.17) is 0 Å². The monoisotopic (exact) mass is 364 g/mol. The highest BCUT2D eigenvalue weighted by atomic mass is 16.6. The molecule has 0 fully saturated rings. The van der Waals surface area contributed by atoms with Gasteiger partial charge in [-0.05, 0) is 24.1 Å². The van der Waals surface area contributed by atoms with Gasteiger partial charge in [0.25, 0.3) is 17.2 Å². The lowest BCUT2D eigenvalue weighted by atomic mass is 10.1. The number of anilines is 1. The predicted octanol–water partition coefficient (Wildman–Crippen LogP) is 2.76. The molecule has 1 aromatic heterocycles. The average molecular weight is 364 g/mol. The van der Waals surface area contributed by atoms with Crippen molar-refractivity contribution in [3.8, 4) is 0 Å². The zero-order valence-electron chi connectivity index (χ0n) is 14.5. The molecule has 0 aliphatic rings. The van der Waals surface area contributed by atoms with Gasteiger partial charge in [-0.15, -0.1) is 0 Å². The molecule has 1 amide bonds. The Balaban J connectivity index is 1.89. The molecule has 0 aliphatic heterocycles. The van der Waals surface area contributed by atoms with Crippen molar-refractivity contribution < 1.29 is 9.72 Å². The molecular formula is C19H16N4O4. The summed E-state index contributed by atoms with van der Waals surface area (Å²) >= 11 is 0. The number of nitro groups is 1. The van der Waals surface area contributed by atoms with Crippen molar-refractivity contribution in [2.45, 2.75) is 13.5 Å². The van der Waals surface area contributed by atoms with Crippen LogP contribution in [0.5, 0.6) is 0 Å². The fraction of sp³-hybridized carbons (Fsp3) is 0.105. The van der Waals surface area contributed by atoms with Gasteiger partial charge in [0.05, 0.1) is 11.5 Å². The molecule has 1 N–H and O–H groups in total. The number of nitro benzene ring substituents is 1. The molecule has 2 aromatic carbocycles. The van der Waals surface area contributed by atoms with Crippen LogP contribution >= 0.6 is 0 Å². The first-order chi connectivity index (χ1) is 13.0. The van der Waals surface area contributed by atoms with Crippen molar-refractivity contribution in [3.63, 3.8) is 0 Å². The third-order valence-corrected chi connectivity index (χ3v) is 3.96. The topological polar surface area (TPSA) is 107 Å². The summed E-state index contributed by atoms with van der Waals surface area (Å²) in [6.07, 6.45) is 0. The molecule has 3 aromatic rings. The van der Waals surface area contributed by atoms with Crippen LogP contribution in [0.4, 0.5) is 11.4 Å². The molecule has 3 rings (SSSR count). The molecule has 0 aliphatic carbocycles. The van der Waals surface area contributed by atoms with Gasteiger partial charge in [0.2, 0.25) is 0 Å². The Labute approximate surface area is 154 Å². The Morgan fingerprint density at radius 1 is 1.11 bits per heavy atom. The van der Waals surface area contributed by atoms with E-state index in [0.29, 0.717) is 5.56 Å². The largest absolute Gasteiger partial charge is 0.315 e. The molecule has 8 nitrogen and oxygen atoms in total. The number of carbonyl (C=O) groups excluding carboxylic acids is 1. The Kier molecular flexibility index (Phi) is 5.07. The Morgan fingerprint density at radius 2 is 1.85 bits per heavy atom. The van der Waals surface area contributed by atoms with Crippen LogP contribution in [0.25, 0.3) is 0 Å². The number of nitrogens with zero attached hydrogens (tertiary/aromatic N) is 3. The molecule has 0 spiro atoms. The van der Waals surface area contributed by atoms with Gasteiger partial charge in [-0.3, -0.25) is 19.7 Å². The van der Waals surface area contributed by atoms with Crippen LogP contribution < -0.4 is 10.9 Å². The first-order valence-electron chi connectivity index (χ1n) is 8.13. The van der Waals surface area contributed by atoms with E-state index < -0.39 is 10.8 Å². The zero-order valence-corrected chi connectivity index (χ0v) is 14.5. The van der Waals surface area contributed by atoms with Crippen molar-refractivity contribution >= 4 is 17.3 Å². The third-order valence-electron chi connectivity index (χ3n) is 3.96.